The van der Waals surface area contributed by atoms with Crippen LogP contribution in [-0.4, -0.2) is 22.6 Å². The number of carbonyl (C=O) groups is 1. The second kappa shape index (κ2) is 3.65. The number of rotatable bonds is 0. The molecule has 0 aromatic rings. The van der Waals surface area contributed by atoms with Crippen LogP contribution in [0.15, 0.2) is 24.4 Å². The van der Waals surface area contributed by atoms with Gasteiger partial charge in [0.2, 0.25) is 0 Å². The number of amides is 1. The molecular weight excluding hydrogens is 202 g/mol. The van der Waals surface area contributed by atoms with Crippen molar-refractivity contribution in [3.05, 3.63) is 24.4 Å². The quantitative estimate of drug-likeness (QED) is 0.588. The summed E-state index contributed by atoms with van der Waals surface area (Å²) in [6.45, 7) is 9.60. The molecule has 1 aliphatic heterocycles. The lowest BCUT2D eigenvalue weighted by Crippen LogP contribution is -2.38. The maximum absolute atomic E-state index is 12.0. The fraction of sp³-hybridized carbons (Fsp3) is 0.615. The van der Waals surface area contributed by atoms with Gasteiger partial charge in [0.05, 0.1) is 6.04 Å². The molecule has 1 heterocycles. The van der Waals surface area contributed by atoms with E-state index in [-0.39, 0.29) is 12.1 Å². The van der Waals surface area contributed by atoms with Crippen LogP contribution in [0.1, 0.15) is 33.6 Å². The molecule has 1 amide bonds. The number of fused-ring (bicyclic) bond motifs is 1. The first-order valence-corrected chi connectivity index (χ1v) is 5.75. The van der Waals surface area contributed by atoms with Gasteiger partial charge >= 0.3 is 6.09 Å². The molecule has 2 rings (SSSR count). The lowest BCUT2D eigenvalue weighted by Gasteiger charge is -2.28. The molecule has 3 nitrogen and oxygen atoms in total. The highest BCUT2D eigenvalue weighted by Crippen LogP contribution is 2.39. The van der Waals surface area contributed by atoms with Gasteiger partial charge in [-0.3, -0.25) is 4.90 Å². The Morgan fingerprint density at radius 1 is 1.56 bits per heavy atom. The first kappa shape index (κ1) is 11.2. The Bertz CT molecular complexity index is 351. The second-order valence-electron chi connectivity index (χ2n) is 5.54. The molecular formula is C13H19NO2. The largest absolute Gasteiger partial charge is 0.443 e. The van der Waals surface area contributed by atoms with E-state index in [1.165, 1.54) is 0 Å². The van der Waals surface area contributed by atoms with Crippen LogP contribution in [0.3, 0.4) is 0 Å². The summed E-state index contributed by atoms with van der Waals surface area (Å²) in [6, 6.07) is 0.169. The van der Waals surface area contributed by atoms with Crippen LogP contribution in [0.2, 0.25) is 0 Å². The SMILES string of the molecule is C=C1CC2CC=CC2N1C(=O)OC(C)(C)C. The predicted molar refractivity (Wildman–Crippen MR) is 62.9 cm³/mol. The van der Waals surface area contributed by atoms with Gasteiger partial charge in [0.15, 0.2) is 0 Å². The highest BCUT2D eigenvalue weighted by Gasteiger charge is 2.41. The number of likely N-dealkylation sites (tertiary alicyclic amines) is 1. The smallest absolute Gasteiger partial charge is 0.415 e. The highest BCUT2D eigenvalue weighted by molar-refractivity contribution is 5.72. The number of nitrogens with zero attached hydrogens (tertiary/aromatic N) is 1. The molecule has 0 bridgehead atoms. The van der Waals surface area contributed by atoms with Gasteiger partial charge in [-0.05, 0) is 39.5 Å². The summed E-state index contributed by atoms with van der Waals surface area (Å²) in [5, 5.41) is 0. The van der Waals surface area contributed by atoms with E-state index in [0.29, 0.717) is 5.92 Å². The Kier molecular flexibility index (Phi) is 2.56. The van der Waals surface area contributed by atoms with Gasteiger partial charge in [0.25, 0.3) is 0 Å². The molecule has 0 aromatic carbocycles. The number of ether oxygens (including phenoxy) is 1. The third-order valence-corrected chi connectivity index (χ3v) is 2.98. The minimum absolute atomic E-state index is 0.169. The molecule has 0 N–H and O–H groups in total. The Morgan fingerprint density at radius 2 is 2.25 bits per heavy atom. The van der Waals surface area contributed by atoms with Gasteiger partial charge in [-0.25, -0.2) is 4.79 Å². The topological polar surface area (TPSA) is 29.5 Å². The van der Waals surface area contributed by atoms with E-state index < -0.39 is 5.60 Å². The van der Waals surface area contributed by atoms with Gasteiger partial charge in [-0.1, -0.05) is 18.7 Å². The standard InChI is InChI=1S/C13H19NO2/c1-9-8-10-6-5-7-11(10)14(9)12(15)16-13(2,3)4/h5,7,10-11H,1,6,8H2,2-4H3. The Balaban J connectivity index is 2.11. The van der Waals surface area contributed by atoms with Gasteiger partial charge < -0.3 is 4.74 Å². The van der Waals surface area contributed by atoms with Crippen molar-refractivity contribution in [2.45, 2.75) is 45.3 Å². The molecule has 0 saturated carbocycles. The molecule has 1 saturated heterocycles. The zero-order chi connectivity index (χ0) is 11.9. The minimum Gasteiger partial charge on any atom is -0.443 e. The van der Waals surface area contributed by atoms with Gasteiger partial charge in [0.1, 0.15) is 5.60 Å². The average molecular weight is 221 g/mol. The highest BCUT2D eigenvalue weighted by atomic mass is 16.6. The Labute approximate surface area is 96.8 Å². The van der Waals surface area contributed by atoms with Gasteiger partial charge in [-0.2, -0.15) is 0 Å². The molecule has 1 fully saturated rings. The van der Waals surface area contributed by atoms with E-state index in [9.17, 15) is 4.79 Å². The summed E-state index contributed by atoms with van der Waals surface area (Å²) in [5.41, 5.74) is 0.436. The van der Waals surface area contributed by atoms with Crippen molar-refractivity contribution < 1.29 is 9.53 Å². The summed E-state index contributed by atoms with van der Waals surface area (Å²) in [6.07, 6.45) is 5.91. The van der Waals surface area contributed by atoms with Crippen molar-refractivity contribution in [1.82, 2.24) is 4.90 Å². The maximum atomic E-state index is 12.0. The summed E-state index contributed by atoms with van der Waals surface area (Å²) < 4.78 is 5.39. The summed E-state index contributed by atoms with van der Waals surface area (Å²) in [5.74, 6) is 0.514. The summed E-state index contributed by atoms with van der Waals surface area (Å²) >= 11 is 0. The third kappa shape index (κ3) is 1.99. The average Bonchev–Trinajstić information content (AvgIpc) is 2.58. The molecule has 2 aliphatic rings. The van der Waals surface area contributed by atoms with Crippen molar-refractivity contribution in [3.63, 3.8) is 0 Å². The van der Waals surface area contributed by atoms with Crippen LogP contribution in [-0.2, 0) is 4.74 Å². The molecule has 0 aromatic heterocycles. The van der Waals surface area contributed by atoms with Crippen LogP contribution in [0.4, 0.5) is 4.79 Å². The fourth-order valence-corrected chi connectivity index (χ4v) is 2.36. The van der Waals surface area contributed by atoms with E-state index >= 15 is 0 Å². The molecule has 16 heavy (non-hydrogen) atoms. The zero-order valence-corrected chi connectivity index (χ0v) is 10.2. The number of allylic oxidation sites excluding steroid dienone is 2. The normalized spacial score (nSPS) is 28.4. The van der Waals surface area contributed by atoms with Crippen molar-refractivity contribution in [2.75, 3.05) is 0 Å². The Hall–Kier alpha value is -1.25. The third-order valence-electron chi connectivity index (χ3n) is 2.98. The minimum atomic E-state index is -0.447. The van der Waals surface area contributed by atoms with E-state index in [1.54, 1.807) is 4.90 Å². The molecule has 0 radical (unpaired) electrons. The van der Waals surface area contributed by atoms with Crippen LogP contribution in [0, 0.1) is 5.92 Å². The van der Waals surface area contributed by atoms with Gasteiger partial charge in [-0.15, -0.1) is 0 Å². The van der Waals surface area contributed by atoms with E-state index in [1.807, 2.05) is 20.8 Å². The molecule has 1 aliphatic carbocycles. The second-order valence-corrected chi connectivity index (χ2v) is 5.54. The van der Waals surface area contributed by atoms with Gasteiger partial charge in [0, 0.05) is 5.70 Å². The van der Waals surface area contributed by atoms with Crippen LogP contribution in [0.5, 0.6) is 0 Å². The first-order valence-electron chi connectivity index (χ1n) is 5.75. The lowest BCUT2D eigenvalue weighted by molar-refractivity contribution is 0.0295. The summed E-state index contributed by atoms with van der Waals surface area (Å²) in [7, 11) is 0. The van der Waals surface area contributed by atoms with Crippen LogP contribution in [0.25, 0.3) is 0 Å². The van der Waals surface area contributed by atoms with Crippen molar-refractivity contribution >= 4 is 6.09 Å². The number of carbonyl (C=O) groups excluding carboxylic acids is 1. The van der Waals surface area contributed by atoms with Crippen molar-refractivity contribution in [1.29, 1.82) is 0 Å². The predicted octanol–water partition coefficient (Wildman–Crippen LogP) is 3.09. The van der Waals surface area contributed by atoms with Crippen molar-refractivity contribution in [3.8, 4) is 0 Å². The van der Waals surface area contributed by atoms with E-state index in [4.69, 9.17) is 4.74 Å². The monoisotopic (exact) mass is 221 g/mol. The zero-order valence-electron chi connectivity index (χ0n) is 10.2. The van der Waals surface area contributed by atoms with Crippen LogP contribution < -0.4 is 0 Å². The molecule has 88 valence electrons. The molecule has 2 atom stereocenters. The Morgan fingerprint density at radius 3 is 2.88 bits per heavy atom. The number of hydrogen-bond acceptors (Lipinski definition) is 2. The number of hydrogen-bond donors (Lipinski definition) is 0. The van der Waals surface area contributed by atoms with Crippen LogP contribution >= 0.6 is 0 Å². The lowest BCUT2D eigenvalue weighted by atomic mass is 10.0. The summed E-state index contributed by atoms with van der Waals surface area (Å²) in [4.78, 5) is 13.7. The van der Waals surface area contributed by atoms with Crippen molar-refractivity contribution in [2.24, 2.45) is 5.92 Å². The maximum Gasteiger partial charge on any atom is 0.415 e. The molecule has 2 unspecified atom stereocenters. The van der Waals surface area contributed by atoms with E-state index in [0.717, 1.165) is 18.5 Å². The molecule has 0 spiro atoms. The first-order chi connectivity index (χ1) is 7.38. The fourth-order valence-electron chi connectivity index (χ4n) is 2.36. The van der Waals surface area contributed by atoms with E-state index in [2.05, 4.69) is 18.7 Å². The molecule has 3 heteroatoms.